The molecule has 0 saturated heterocycles. The molecule has 1 nitrogen and oxygen atoms in total. The van der Waals surface area contributed by atoms with E-state index in [1.807, 2.05) is 0 Å². The Hall–Kier alpha value is -0.0400. The zero-order valence-corrected chi connectivity index (χ0v) is 8.98. The van der Waals surface area contributed by atoms with Crippen molar-refractivity contribution >= 4 is 0 Å². The molecule has 1 unspecified atom stereocenters. The summed E-state index contributed by atoms with van der Waals surface area (Å²) in [6.45, 7) is 10.6. The van der Waals surface area contributed by atoms with E-state index in [4.69, 9.17) is 0 Å². The third-order valence-corrected chi connectivity index (χ3v) is 3.37. The minimum Gasteiger partial charge on any atom is -0.313 e. The third-order valence-electron chi connectivity index (χ3n) is 3.37. The Morgan fingerprint density at radius 1 is 1.42 bits per heavy atom. The van der Waals surface area contributed by atoms with E-state index >= 15 is 0 Å². The number of nitrogens with one attached hydrogen (secondary N) is 1. The summed E-state index contributed by atoms with van der Waals surface area (Å²) in [6.07, 6.45) is 4.09. The van der Waals surface area contributed by atoms with Crippen LogP contribution < -0.4 is 5.32 Å². The minimum atomic E-state index is 0.470. The molecule has 1 aliphatic rings. The minimum absolute atomic E-state index is 0.470. The molecule has 0 radical (unpaired) electrons. The molecule has 1 atom stereocenters. The van der Waals surface area contributed by atoms with Crippen LogP contribution in [-0.4, -0.2) is 12.6 Å². The Kier molecular flexibility index (Phi) is 3.16. The molecule has 0 aliphatic heterocycles. The third kappa shape index (κ3) is 2.78. The van der Waals surface area contributed by atoms with Gasteiger partial charge in [-0.25, -0.2) is 0 Å². The van der Waals surface area contributed by atoms with E-state index in [-0.39, 0.29) is 0 Å². The highest BCUT2D eigenvalue weighted by atomic mass is 15.0. The molecule has 12 heavy (non-hydrogen) atoms. The summed E-state index contributed by atoms with van der Waals surface area (Å²) in [5, 5.41) is 3.61. The van der Waals surface area contributed by atoms with E-state index in [2.05, 4.69) is 33.0 Å². The summed E-state index contributed by atoms with van der Waals surface area (Å²) >= 11 is 0. The van der Waals surface area contributed by atoms with E-state index in [0.717, 1.165) is 12.0 Å². The molecule has 0 bridgehead atoms. The van der Waals surface area contributed by atoms with E-state index in [1.165, 1.54) is 25.8 Å². The van der Waals surface area contributed by atoms with Crippen LogP contribution in [0.2, 0.25) is 0 Å². The predicted molar refractivity (Wildman–Crippen MR) is 54.3 cm³/mol. The lowest BCUT2D eigenvalue weighted by atomic mass is 9.78. The quantitative estimate of drug-likeness (QED) is 0.667. The van der Waals surface area contributed by atoms with Crippen molar-refractivity contribution in [2.24, 2.45) is 11.3 Å². The van der Waals surface area contributed by atoms with Crippen molar-refractivity contribution in [1.82, 2.24) is 5.32 Å². The Morgan fingerprint density at radius 3 is 2.42 bits per heavy atom. The summed E-state index contributed by atoms with van der Waals surface area (Å²) in [5.74, 6) is 0.823. The van der Waals surface area contributed by atoms with Gasteiger partial charge in [0.25, 0.3) is 0 Å². The second-order valence-electron chi connectivity index (χ2n) is 4.95. The van der Waals surface area contributed by atoms with Gasteiger partial charge in [0.15, 0.2) is 0 Å². The second kappa shape index (κ2) is 3.78. The molecule has 0 aromatic heterocycles. The van der Waals surface area contributed by atoms with Crippen LogP contribution in [0.1, 0.15) is 47.0 Å². The molecular weight excluding hydrogens is 146 g/mol. The Balaban J connectivity index is 2.24. The van der Waals surface area contributed by atoms with Crippen LogP contribution in [0.3, 0.4) is 0 Å². The molecule has 1 N–H and O–H groups in total. The van der Waals surface area contributed by atoms with Crippen molar-refractivity contribution < 1.29 is 0 Å². The second-order valence-corrected chi connectivity index (χ2v) is 4.95. The lowest BCUT2D eigenvalue weighted by molar-refractivity contribution is 0.214. The van der Waals surface area contributed by atoms with Crippen molar-refractivity contribution in [3.05, 3.63) is 0 Å². The van der Waals surface area contributed by atoms with Crippen molar-refractivity contribution in [2.45, 2.75) is 53.0 Å². The van der Waals surface area contributed by atoms with Gasteiger partial charge in [-0.15, -0.1) is 0 Å². The van der Waals surface area contributed by atoms with Crippen LogP contribution in [0.15, 0.2) is 0 Å². The lowest BCUT2D eigenvalue weighted by Gasteiger charge is -2.31. The van der Waals surface area contributed by atoms with Gasteiger partial charge in [0, 0.05) is 12.6 Å². The van der Waals surface area contributed by atoms with Gasteiger partial charge in [-0.3, -0.25) is 0 Å². The zero-order valence-electron chi connectivity index (χ0n) is 8.98. The SMILES string of the molecule is CCC(C)C(C)(C)CNC1CC1. The first-order valence-corrected chi connectivity index (χ1v) is 5.29. The maximum atomic E-state index is 3.61. The van der Waals surface area contributed by atoms with E-state index in [1.54, 1.807) is 0 Å². The molecular formula is C11H23N. The van der Waals surface area contributed by atoms with Crippen LogP contribution in [-0.2, 0) is 0 Å². The fourth-order valence-electron chi connectivity index (χ4n) is 1.42. The number of hydrogen-bond acceptors (Lipinski definition) is 1. The molecule has 1 heteroatoms. The first kappa shape index (κ1) is 10.0. The molecule has 1 fully saturated rings. The largest absolute Gasteiger partial charge is 0.313 e. The smallest absolute Gasteiger partial charge is 0.00684 e. The first-order valence-electron chi connectivity index (χ1n) is 5.29. The van der Waals surface area contributed by atoms with Gasteiger partial charge in [-0.1, -0.05) is 34.1 Å². The van der Waals surface area contributed by atoms with Gasteiger partial charge in [0.1, 0.15) is 0 Å². The predicted octanol–water partition coefficient (Wildman–Crippen LogP) is 2.81. The van der Waals surface area contributed by atoms with Gasteiger partial charge in [-0.05, 0) is 24.2 Å². The summed E-state index contributed by atoms with van der Waals surface area (Å²) in [6, 6.07) is 0.855. The van der Waals surface area contributed by atoms with E-state index in [9.17, 15) is 0 Å². The number of rotatable bonds is 5. The van der Waals surface area contributed by atoms with Gasteiger partial charge >= 0.3 is 0 Å². The maximum Gasteiger partial charge on any atom is 0.00684 e. The maximum absolute atomic E-state index is 3.61. The Morgan fingerprint density at radius 2 is 2.00 bits per heavy atom. The van der Waals surface area contributed by atoms with Crippen LogP contribution in [0.25, 0.3) is 0 Å². The van der Waals surface area contributed by atoms with Crippen molar-refractivity contribution in [3.8, 4) is 0 Å². The Labute approximate surface area is 76.9 Å². The van der Waals surface area contributed by atoms with Gasteiger partial charge in [-0.2, -0.15) is 0 Å². The molecule has 0 spiro atoms. The molecule has 1 rings (SSSR count). The van der Waals surface area contributed by atoms with Crippen LogP contribution in [0, 0.1) is 11.3 Å². The normalized spacial score (nSPS) is 21.0. The summed E-state index contributed by atoms with van der Waals surface area (Å²) in [7, 11) is 0. The van der Waals surface area contributed by atoms with E-state index < -0.39 is 0 Å². The fourth-order valence-corrected chi connectivity index (χ4v) is 1.42. The topological polar surface area (TPSA) is 12.0 Å². The highest BCUT2D eigenvalue weighted by Crippen LogP contribution is 2.29. The standard InChI is InChI=1S/C11H23N/c1-5-9(2)11(3,4)8-12-10-6-7-10/h9-10,12H,5-8H2,1-4H3. The molecule has 0 aromatic carbocycles. The molecule has 1 aliphatic carbocycles. The fraction of sp³-hybridized carbons (Fsp3) is 1.00. The Bertz CT molecular complexity index is 136. The summed E-state index contributed by atoms with van der Waals surface area (Å²) < 4.78 is 0. The number of hydrogen-bond donors (Lipinski definition) is 1. The van der Waals surface area contributed by atoms with Crippen molar-refractivity contribution in [3.63, 3.8) is 0 Å². The molecule has 0 heterocycles. The zero-order chi connectivity index (χ0) is 9.19. The average molecular weight is 169 g/mol. The molecule has 72 valence electrons. The van der Waals surface area contributed by atoms with Crippen molar-refractivity contribution in [1.29, 1.82) is 0 Å². The highest BCUT2D eigenvalue weighted by Gasteiger charge is 2.28. The van der Waals surface area contributed by atoms with Crippen LogP contribution in [0.4, 0.5) is 0 Å². The highest BCUT2D eigenvalue weighted by molar-refractivity contribution is 4.85. The molecule has 0 aromatic rings. The lowest BCUT2D eigenvalue weighted by Crippen LogP contribution is -2.35. The summed E-state index contributed by atoms with van der Waals surface area (Å²) in [5.41, 5.74) is 0.470. The average Bonchev–Trinajstić information content (AvgIpc) is 2.82. The first-order chi connectivity index (χ1) is 5.56. The molecule has 0 amide bonds. The monoisotopic (exact) mass is 169 g/mol. The van der Waals surface area contributed by atoms with Crippen LogP contribution >= 0.6 is 0 Å². The summed E-state index contributed by atoms with van der Waals surface area (Å²) in [4.78, 5) is 0. The van der Waals surface area contributed by atoms with Crippen molar-refractivity contribution in [2.75, 3.05) is 6.54 Å². The van der Waals surface area contributed by atoms with Gasteiger partial charge in [0.2, 0.25) is 0 Å². The van der Waals surface area contributed by atoms with Gasteiger partial charge < -0.3 is 5.32 Å². The van der Waals surface area contributed by atoms with E-state index in [0.29, 0.717) is 5.41 Å². The molecule has 1 saturated carbocycles. The van der Waals surface area contributed by atoms with Gasteiger partial charge in [0.05, 0.1) is 0 Å². The van der Waals surface area contributed by atoms with Crippen LogP contribution in [0.5, 0.6) is 0 Å².